The van der Waals surface area contributed by atoms with E-state index >= 15 is 0 Å². The normalized spacial score (nSPS) is 29.4. The van der Waals surface area contributed by atoms with Gasteiger partial charge in [0.25, 0.3) is 0 Å². The van der Waals surface area contributed by atoms with Gasteiger partial charge in [0.15, 0.2) is 0 Å². The van der Waals surface area contributed by atoms with Crippen LogP contribution in [-0.4, -0.2) is 5.50 Å². The van der Waals surface area contributed by atoms with Gasteiger partial charge in [-0.2, -0.15) is 0 Å². The van der Waals surface area contributed by atoms with Gasteiger partial charge in [0, 0.05) is 11.1 Å². The van der Waals surface area contributed by atoms with Gasteiger partial charge in [-0.15, -0.1) is 0 Å². The molecule has 1 aliphatic heterocycles. The summed E-state index contributed by atoms with van der Waals surface area (Å²) >= 11 is 1.65. The van der Waals surface area contributed by atoms with Crippen molar-refractivity contribution >= 4 is 11.8 Å². The largest absolute Gasteiger partial charge is 0.367 e. The van der Waals surface area contributed by atoms with Crippen LogP contribution < -0.4 is 11.1 Å². The number of thioether (sulfide) groups is 1. The fraction of sp³-hybridized carbons (Fsp3) is 0.500. The zero-order chi connectivity index (χ0) is 5.28. The van der Waals surface area contributed by atoms with Crippen LogP contribution in [0.1, 0.15) is 6.92 Å². The zero-order valence-corrected chi connectivity index (χ0v) is 4.96. The Hall–Kier alpha value is -0.150. The van der Waals surface area contributed by atoms with Crippen molar-refractivity contribution in [1.29, 1.82) is 0 Å². The first-order valence-electron chi connectivity index (χ1n) is 2.14. The average Bonchev–Trinajstić information content (AvgIpc) is 1.87. The summed E-state index contributed by atoms with van der Waals surface area (Å²) in [6.07, 6.45) is 1.93. The minimum absolute atomic E-state index is 0.0972. The smallest absolute Gasteiger partial charge is 0.127 e. The van der Waals surface area contributed by atoms with Gasteiger partial charge in [-0.05, 0) is 6.92 Å². The summed E-state index contributed by atoms with van der Waals surface area (Å²) in [5, 5.41) is 2.95. The lowest BCUT2D eigenvalue weighted by molar-refractivity contribution is 0.836. The van der Waals surface area contributed by atoms with Gasteiger partial charge in [0.1, 0.15) is 5.50 Å². The number of allylic oxidation sites excluding steroid dienone is 1. The molecule has 0 saturated heterocycles. The molecule has 1 heterocycles. The van der Waals surface area contributed by atoms with Crippen LogP contribution in [0, 0.1) is 0 Å². The zero-order valence-electron chi connectivity index (χ0n) is 4.14. The first kappa shape index (κ1) is 5.00. The molecule has 0 aromatic carbocycles. The second kappa shape index (κ2) is 1.76. The Morgan fingerprint density at radius 1 is 2.00 bits per heavy atom. The summed E-state index contributed by atoms with van der Waals surface area (Å²) in [5.41, 5.74) is 5.52. The quantitative estimate of drug-likeness (QED) is 0.482. The maximum absolute atomic E-state index is 5.42. The number of hydrogen-bond donors (Lipinski definition) is 2. The van der Waals surface area contributed by atoms with Gasteiger partial charge in [-0.25, -0.2) is 0 Å². The molecule has 1 atom stereocenters. The first-order chi connectivity index (χ1) is 3.29. The highest BCUT2D eigenvalue weighted by Gasteiger charge is 2.06. The van der Waals surface area contributed by atoms with Crippen LogP contribution in [0.3, 0.4) is 0 Å². The molecule has 0 saturated carbocycles. The number of nitrogens with two attached hydrogens (primary N) is 1. The van der Waals surface area contributed by atoms with E-state index in [0.717, 1.165) is 0 Å². The van der Waals surface area contributed by atoms with Gasteiger partial charge in [0.2, 0.25) is 0 Å². The standard InChI is InChI=1S/C4H8N2S/c1-3-2-6-4(5)7-3/h2,4,6H,5H2,1H3. The van der Waals surface area contributed by atoms with Crippen molar-refractivity contribution in [3.63, 3.8) is 0 Å². The average molecular weight is 116 g/mol. The van der Waals surface area contributed by atoms with Crippen molar-refractivity contribution in [2.75, 3.05) is 0 Å². The summed E-state index contributed by atoms with van der Waals surface area (Å²) in [6, 6.07) is 0. The van der Waals surface area contributed by atoms with Crippen LogP contribution >= 0.6 is 11.8 Å². The Balaban J connectivity index is 2.42. The third kappa shape index (κ3) is 1.11. The molecular weight excluding hydrogens is 108 g/mol. The van der Waals surface area contributed by atoms with Crippen molar-refractivity contribution in [1.82, 2.24) is 5.32 Å². The van der Waals surface area contributed by atoms with E-state index in [-0.39, 0.29) is 5.50 Å². The summed E-state index contributed by atoms with van der Waals surface area (Å²) in [6.45, 7) is 2.03. The molecule has 0 aliphatic carbocycles. The topological polar surface area (TPSA) is 38.0 Å². The molecule has 1 rings (SSSR count). The molecule has 7 heavy (non-hydrogen) atoms. The minimum Gasteiger partial charge on any atom is -0.367 e. The fourth-order valence-electron chi connectivity index (χ4n) is 0.468. The van der Waals surface area contributed by atoms with Crippen molar-refractivity contribution in [3.05, 3.63) is 11.1 Å². The van der Waals surface area contributed by atoms with Crippen molar-refractivity contribution in [3.8, 4) is 0 Å². The van der Waals surface area contributed by atoms with Gasteiger partial charge in [-0.3, -0.25) is 0 Å². The van der Waals surface area contributed by atoms with E-state index in [2.05, 4.69) is 5.32 Å². The molecule has 1 unspecified atom stereocenters. The molecular formula is C4H8N2S. The van der Waals surface area contributed by atoms with Gasteiger partial charge in [-0.1, -0.05) is 11.8 Å². The van der Waals surface area contributed by atoms with E-state index in [1.54, 1.807) is 11.8 Å². The minimum atomic E-state index is 0.0972. The number of hydrogen-bond acceptors (Lipinski definition) is 3. The molecule has 0 spiro atoms. The molecule has 0 aromatic rings. The Morgan fingerprint density at radius 3 is 2.86 bits per heavy atom. The second-order valence-electron chi connectivity index (χ2n) is 1.46. The first-order valence-corrected chi connectivity index (χ1v) is 3.02. The van der Waals surface area contributed by atoms with Crippen molar-refractivity contribution in [2.45, 2.75) is 12.4 Å². The molecule has 0 amide bonds. The third-order valence-electron chi connectivity index (χ3n) is 0.764. The lowest BCUT2D eigenvalue weighted by Gasteiger charge is -1.98. The van der Waals surface area contributed by atoms with Gasteiger partial charge < -0.3 is 11.1 Å². The molecule has 2 nitrogen and oxygen atoms in total. The SMILES string of the molecule is CC1=CNC(N)S1. The lowest BCUT2D eigenvalue weighted by Crippen LogP contribution is -2.25. The summed E-state index contributed by atoms with van der Waals surface area (Å²) in [5.74, 6) is 0. The summed E-state index contributed by atoms with van der Waals surface area (Å²) in [7, 11) is 0. The van der Waals surface area contributed by atoms with Crippen LogP contribution in [0.25, 0.3) is 0 Å². The predicted molar refractivity (Wildman–Crippen MR) is 32.5 cm³/mol. The highest BCUT2D eigenvalue weighted by Crippen LogP contribution is 2.20. The van der Waals surface area contributed by atoms with Crippen LogP contribution in [0.2, 0.25) is 0 Å². The molecule has 0 aromatic heterocycles. The second-order valence-corrected chi connectivity index (χ2v) is 2.85. The van der Waals surface area contributed by atoms with E-state index in [9.17, 15) is 0 Å². The molecule has 40 valence electrons. The Kier molecular flexibility index (Phi) is 1.25. The van der Waals surface area contributed by atoms with E-state index in [1.807, 2.05) is 13.1 Å². The Labute approximate surface area is 47.2 Å². The van der Waals surface area contributed by atoms with Crippen LogP contribution in [0.15, 0.2) is 11.1 Å². The third-order valence-corrected chi connectivity index (χ3v) is 1.64. The van der Waals surface area contributed by atoms with Gasteiger partial charge in [0.05, 0.1) is 0 Å². The van der Waals surface area contributed by atoms with Crippen LogP contribution in [0.5, 0.6) is 0 Å². The van der Waals surface area contributed by atoms with Crippen molar-refractivity contribution < 1.29 is 0 Å². The highest BCUT2D eigenvalue weighted by atomic mass is 32.2. The fourth-order valence-corrected chi connectivity index (χ4v) is 1.14. The van der Waals surface area contributed by atoms with Gasteiger partial charge >= 0.3 is 0 Å². The van der Waals surface area contributed by atoms with Crippen molar-refractivity contribution in [2.24, 2.45) is 5.73 Å². The van der Waals surface area contributed by atoms with E-state index in [4.69, 9.17) is 5.73 Å². The van der Waals surface area contributed by atoms with Crippen LogP contribution in [0.4, 0.5) is 0 Å². The van der Waals surface area contributed by atoms with Crippen LogP contribution in [-0.2, 0) is 0 Å². The molecule has 0 radical (unpaired) electrons. The molecule has 3 heteroatoms. The Morgan fingerprint density at radius 2 is 2.71 bits per heavy atom. The summed E-state index contributed by atoms with van der Waals surface area (Å²) in [4.78, 5) is 1.26. The van der Waals surface area contributed by atoms with E-state index < -0.39 is 0 Å². The monoisotopic (exact) mass is 116 g/mol. The number of rotatable bonds is 0. The molecule has 0 bridgehead atoms. The Bertz CT molecular complexity index is 99.9. The lowest BCUT2D eigenvalue weighted by atomic mass is 10.7. The van der Waals surface area contributed by atoms with E-state index in [0.29, 0.717) is 0 Å². The highest BCUT2D eigenvalue weighted by molar-refractivity contribution is 8.03. The molecule has 3 N–H and O–H groups in total. The molecule has 1 aliphatic rings. The predicted octanol–water partition coefficient (Wildman–Crippen LogP) is 0.426. The summed E-state index contributed by atoms with van der Waals surface area (Å²) < 4.78 is 0. The maximum Gasteiger partial charge on any atom is 0.127 e. The molecule has 0 fully saturated rings. The maximum atomic E-state index is 5.42. The van der Waals surface area contributed by atoms with E-state index in [1.165, 1.54) is 4.91 Å². The number of nitrogens with one attached hydrogen (secondary N) is 1.